The third-order valence-electron chi connectivity index (χ3n) is 3.86. The number of quaternary nitrogens is 1. The van der Waals surface area contributed by atoms with Crippen LogP contribution in [0.4, 0.5) is 24.5 Å². The number of carbonyl (C=O) groups is 2. The Bertz CT molecular complexity index is 890. The monoisotopic (exact) mass is 396 g/mol. The van der Waals surface area contributed by atoms with Gasteiger partial charge in [0.1, 0.15) is 5.75 Å². The Kier molecular flexibility index (Phi) is 7.00. The van der Waals surface area contributed by atoms with Crippen LogP contribution in [-0.2, 0) is 9.59 Å². The summed E-state index contributed by atoms with van der Waals surface area (Å²) in [5.74, 6) is -4.98. The number of benzene rings is 2. The van der Waals surface area contributed by atoms with E-state index in [4.69, 9.17) is 4.74 Å². The largest absolute Gasteiger partial charge is 0.495 e. The third kappa shape index (κ3) is 5.46. The van der Waals surface area contributed by atoms with E-state index >= 15 is 0 Å². The van der Waals surface area contributed by atoms with Crippen molar-refractivity contribution in [1.82, 2.24) is 0 Å². The molecule has 0 aliphatic rings. The molecule has 9 heteroatoms. The summed E-state index contributed by atoms with van der Waals surface area (Å²) in [6.07, 6.45) is 0. The van der Waals surface area contributed by atoms with E-state index in [1.807, 2.05) is 13.0 Å². The van der Waals surface area contributed by atoms with Gasteiger partial charge in [-0.2, -0.15) is 0 Å². The third-order valence-corrected chi connectivity index (χ3v) is 3.86. The fourth-order valence-electron chi connectivity index (χ4n) is 2.54. The van der Waals surface area contributed by atoms with Gasteiger partial charge in [-0.15, -0.1) is 0 Å². The predicted octanol–water partition coefficient (Wildman–Crippen LogP) is 1.51. The molecule has 0 saturated heterocycles. The van der Waals surface area contributed by atoms with E-state index < -0.39 is 29.0 Å². The molecule has 28 heavy (non-hydrogen) atoms. The molecule has 6 nitrogen and oxygen atoms in total. The van der Waals surface area contributed by atoms with Crippen molar-refractivity contribution in [2.75, 3.05) is 37.9 Å². The van der Waals surface area contributed by atoms with E-state index in [9.17, 15) is 22.8 Å². The standard InChI is InChI=1S/C19H20F3N3O3/c1-11-4-7-15(28-3)14(8-11)24-17(27)10-25(2)9-16(26)23-13-6-5-12(20)18(21)19(13)22/h4-8H,9-10H2,1-3H3,(H,23,26)(H,24,27)/p+1. The summed E-state index contributed by atoms with van der Waals surface area (Å²) in [5, 5.41) is 4.88. The van der Waals surface area contributed by atoms with Gasteiger partial charge in [0.15, 0.2) is 30.5 Å². The Morgan fingerprint density at radius 3 is 2.18 bits per heavy atom. The SMILES string of the molecule is COc1ccc(C)cc1NC(=O)C[NH+](C)CC(=O)Nc1ccc(F)c(F)c1F. The molecular weight excluding hydrogens is 375 g/mol. The lowest BCUT2D eigenvalue weighted by Crippen LogP contribution is -3.11. The van der Waals surface area contributed by atoms with Crippen LogP contribution in [0.2, 0.25) is 0 Å². The van der Waals surface area contributed by atoms with E-state index in [1.54, 1.807) is 19.2 Å². The average Bonchev–Trinajstić information content (AvgIpc) is 2.62. The quantitative estimate of drug-likeness (QED) is 0.622. The first kappa shape index (κ1) is 21.2. The van der Waals surface area contributed by atoms with Crippen LogP contribution in [0.5, 0.6) is 5.75 Å². The van der Waals surface area contributed by atoms with Crippen LogP contribution in [-0.4, -0.2) is 39.1 Å². The number of anilines is 2. The van der Waals surface area contributed by atoms with Gasteiger partial charge in [0.05, 0.1) is 25.5 Å². The molecule has 2 aromatic carbocycles. The number of ether oxygens (including phenoxy) is 1. The number of aryl methyl sites for hydroxylation is 1. The van der Waals surface area contributed by atoms with Gasteiger partial charge >= 0.3 is 0 Å². The minimum absolute atomic E-state index is 0.0508. The molecule has 0 radical (unpaired) electrons. The van der Waals surface area contributed by atoms with Gasteiger partial charge in [-0.05, 0) is 36.8 Å². The van der Waals surface area contributed by atoms with Crippen molar-refractivity contribution in [3.8, 4) is 5.75 Å². The highest BCUT2D eigenvalue weighted by molar-refractivity contribution is 5.94. The van der Waals surface area contributed by atoms with Gasteiger partial charge < -0.3 is 20.3 Å². The van der Waals surface area contributed by atoms with E-state index in [1.165, 1.54) is 7.11 Å². The first-order chi connectivity index (χ1) is 13.2. The van der Waals surface area contributed by atoms with Crippen molar-refractivity contribution in [3.63, 3.8) is 0 Å². The molecule has 2 amide bonds. The van der Waals surface area contributed by atoms with Crippen LogP contribution in [0, 0.1) is 24.4 Å². The topological polar surface area (TPSA) is 71.9 Å². The Labute approximate surface area is 160 Å². The Morgan fingerprint density at radius 2 is 1.57 bits per heavy atom. The van der Waals surface area contributed by atoms with Gasteiger partial charge in [0.25, 0.3) is 11.8 Å². The van der Waals surface area contributed by atoms with Gasteiger partial charge in [-0.25, -0.2) is 13.2 Å². The molecule has 0 spiro atoms. The summed E-state index contributed by atoms with van der Waals surface area (Å²) >= 11 is 0. The van der Waals surface area contributed by atoms with Crippen molar-refractivity contribution in [1.29, 1.82) is 0 Å². The van der Waals surface area contributed by atoms with E-state index in [2.05, 4.69) is 10.6 Å². The van der Waals surface area contributed by atoms with E-state index in [0.717, 1.165) is 11.6 Å². The molecular formula is C19H21F3N3O3+. The summed E-state index contributed by atoms with van der Waals surface area (Å²) < 4.78 is 44.9. The van der Waals surface area contributed by atoms with E-state index in [-0.39, 0.29) is 19.0 Å². The normalized spacial score (nSPS) is 11.6. The lowest BCUT2D eigenvalue weighted by molar-refractivity contribution is -0.862. The number of hydrogen-bond donors (Lipinski definition) is 3. The summed E-state index contributed by atoms with van der Waals surface area (Å²) in [6.45, 7) is 1.63. The molecule has 0 heterocycles. The Balaban J connectivity index is 1.92. The number of amides is 2. The van der Waals surface area contributed by atoms with Gasteiger partial charge in [-0.3, -0.25) is 9.59 Å². The molecule has 150 valence electrons. The molecule has 0 bridgehead atoms. The van der Waals surface area contributed by atoms with Crippen molar-refractivity contribution < 1.29 is 32.4 Å². The first-order valence-electron chi connectivity index (χ1n) is 8.40. The fraction of sp³-hybridized carbons (Fsp3) is 0.263. The second-order valence-corrected chi connectivity index (χ2v) is 6.33. The van der Waals surface area contributed by atoms with Gasteiger partial charge in [-0.1, -0.05) is 6.07 Å². The van der Waals surface area contributed by atoms with Crippen LogP contribution >= 0.6 is 0 Å². The number of methoxy groups -OCH3 is 1. The molecule has 1 atom stereocenters. The van der Waals surface area contributed by atoms with Crippen LogP contribution in [0.3, 0.4) is 0 Å². The molecule has 2 aromatic rings. The molecule has 0 fully saturated rings. The zero-order chi connectivity index (χ0) is 20.8. The molecule has 0 aliphatic heterocycles. The fourth-order valence-corrected chi connectivity index (χ4v) is 2.54. The summed E-state index contributed by atoms with van der Waals surface area (Å²) in [5.41, 5.74) is 0.976. The number of halogens is 3. The van der Waals surface area contributed by atoms with Gasteiger partial charge in [0.2, 0.25) is 0 Å². The lowest BCUT2D eigenvalue weighted by Gasteiger charge is -2.15. The van der Waals surface area contributed by atoms with Crippen LogP contribution in [0.15, 0.2) is 30.3 Å². The van der Waals surface area contributed by atoms with Crippen LogP contribution in [0.25, 0.3) is 0 Å². The zero-order valence-electron chi connectivity index (χ0n) is 15.7. The first-order valence-corrected chi connectivity index (χ1v) is 8.40. The predicted molar refractivity (Wildman–Crippen MR) is 97.9 cm³/mol. The maximum Gasteiger partial charge on any atom is 0.279 e. The number of nitrogens with one attached hydrogen (secondary N) is 3. The number of hydrogen-bond acceptors (Lipinski definition) is 3. The molecule has 1 unspecified atom stereocenters. The highest BCUT2D eigenvalue weighted by Gasteiger charge is 2.19. The maximum atomic E-state index is 13.6. The zero-order valence-corrected chi connectivity index (χ0v) is 15.7. The summed E-state index contributed by atoms with van der Waals surface area (Å²) in [4.78, 5) is 24.7. The summed E-state index contributed by atoms with van der Waals surface area (Å²) in [6, 6.07) is 6.97. The maximum absolute atomic E-state index is 13.6. The Hall–Kier alpha value is -3.07. The van der Waals surface area contributed by atoms with Crippen molar-refractivity contribution in [2.45, 2.75) is 6.92 Å². The van der Waals surface area contributed by atoms with Crippen molar-refractivity contribution >= 4 is 23.2 Å². The summed E-state index contributed by atoms with van der Waals surface area (Å²) in [7, 11) is 3.08. The van der Waals surface area contributed by atoms with Crippen molar-refractivity contribution in [3.05, 3.63) is 53.3 Å². The molecule has 3 N–H and O–H groups in total. The lowest BCUT2D eigenvalue weighted by atomic mass is 10.2. The van der Waals surface area contributed by atoms with Crippen LogP contribution in [0.1, 0.15) is 5.56 Å². The molecule has 2 rings (SSSR count). The molecule has 0 saturated carbocycles. The second kappa shape index (κ2) is 9.23. The second-order valence-electron chi connectivity index (χ2n) is 6.33. The molecule has 0 aliphatic carbocycles. The van der Waals surface area contributed by atoms with Crippen LogP contribution < -0.4 is 20.3 Å². The van der Waals surface area contributed by atoms with Gasteiger partial charge in [0, 0.05) is 0 Å². The van der Waals surface area contributed by atoms with Crippen molar-refractivity contribution in [2.24, 2.45) is 0 Å². The highest BCUT2D eigenvalue weighted by Crippen LogP contribution is 2.24. The average molecular weight is 396 g/mol. The number of likely N-dealkylation sites (N-methyl/N-ethyl adjacent to an activating group) is 1. The smallest absolute Gasteiger partial charge is 0.279 e. The molecule has 0 aromatic heterocycles. The van der Waals surface area contributed by atoms with E-state index in [0.29, 0.717) is 22.4 Å². The minimum atomic E-state index is -1.66. The number of rotatable bonds is 7. The minimum Gasteiger partial charge on any atom is -0.495 e. The number of carbonyl (C=O) groups excluding carboxylic acids is 2. The Morgan fingerprint density at radius 1 is 0.964 bits per heavy atom. The highest BCUT2D eigenvalue weighted by atomic mass is 19.2.